The van der Waals surface area contributed by atoms with Crippen molar-refractivity contribution in [3.63, 3.8) is 0 Å². The third kappa shape index (κ3) is 3.49. The minimum absolute atomic E-state index is 0.108. The molecule has 0 aliphatic carbocycles. The molecule has 1 aliphatic rings. The van der Waals surface area contributed by atoms with Gasteiger partial charge in [-0.1, -0.05) is 0 Å². The average molecular weight is 257 g/mol. The first kappa shape index (κ1) is 11.9. The lowest BCUT2D eigenvalue weighted by Crippen LogP contribution is -2.12. The molecule has 0 aromatic carbocycles. The van der Waals surface area contributed by atoms with E-state index >= 15 is 0 Å². The molecule has 1 aromatic rings. The number of carboxylic acids is 1. The second-order valence-corrected chi connectivity index (χ2v) is 6.43. The highest BCUT2D eigenvalue weighted by Gasteiger charge is 2.16. The maximum absolute atomic E-state index is 10.5. The van der Waals surface area contributed by atoms with Gasteiger partial charge in [0.25, 0.3) is 0 Å². The Kier molecular flexibility index (Phi) is 4.23. The van der Waals surface area contributed by atoms with Crippen molar-refractivity contribution in [3.05, 3.63) is 16.1 Å². The zero-order chi connectivity index (χ0) is 11.4. The molecule has 0 saturated carbocycles. The Bertz CT molecular complexity index is 359. The number of aromatic nitrogens is 1. The summed E-state index contributed by atoms with van der Waals surface area (Å²) in [5.74, 6) is 2.48. The molecule has 0 radical (unpaired) electrons. The molecule has 1 saturated heterocycles. The first-order valence-corrected chi connectivity index (χ1v) is 7.44. The molecular formula is C11H15NO2S2. The molecule has 1 atom stereocenters. The van der Waals surface area contributed by atoms with Crippen molar-refractivity contribution in [1.82, 2.24) is 4.98 Å². The van der Waals surface area contributed by atoms with E-state index < -0.39 is 5.97 Å². The van der Waals surface area contributed by atoms with Crippen molar-refractivity contribution >= 4 is 29.1 Å². The van der Waals surface area contributed by atoms with Crippen molar-refractivity contribution in [1.29, 1.82) is 0 Å². The van der Waals surface area contributed by atoms with E-state index in [1.54, 1.807) is 17.5 Å². The summed E-state index contributed by atoms with van der Waals surface area (Å²) in [6.45, 7) is 0. The van der Waals surface area contributed by atoms with E-state index in [2.05, 4.69) is 4.98 Å². The Morgan fingerprint density at radius 1 is 1.62 bits per heavy atom. The van der Waals surface area contributed by atoms with Gasteiger partial charge in [-0.05, 0) is 30.3 Å². The van der Waals surface area contributed by atoms with Gasteiger partial charge in [-0.15, -0.1) is 11.3 Å². The van der Waals surface area contributed by atoms with Crippen LogP contribution in [0.5, 0.6) is 0 Å². The van der Waals surface area contributed by atoms with Crippen LogP contribution in [0.4, 0.5) is 0 Å². The monoisotopic (exact) mass is 257 g/mol. The molecule has 0 spiro atoms. The molecule has 88 valence electrons. The zero-order valence-corrected chi connectivity index (χ0v) is 10.6. The lowest BCUT2D eigenvalue weighted by Gasteiger charge is -2.19. The van der Waals surface area contributed by atoms with Gasteiger partial charge in [0.15, 0.2) is 0 Å². The number of rotatable bonds is 4. The van der Waals surface area contributed by atoms with Crippen LogP contribution in [0.3, 0.4) is 0 Å². The van der Waals surface area contributed by atoms with E-state index in [9.17, 15) is 4.79 Å². The van der Waals surface area contributed by atoms with Gasteiger partial charge in [0, 0.05) is 17.5 Å². The largest absolute Gasteiger partial charge is 0.481 e. The first-order valence-electron chi connectivity index (χ1n) is 5.47. The molecule has 0 bridgehead atoms. The number of nitrogens with zero attached hydrogens (tertiary/aromatic N) is 1. The van der Waals surface area contributed by atoms with Crippen molar-refractivity contribution in [3.8, 4) is 0 Å². The summed E-state index contributed by atoms with van der Waals surface area (Å²) in [5, 5.41) is 9.77. The topological polar surface area (TPSA) is 50.2 Å². The number of hydrogen-bond acceptors (Lipinski definition) is 4. The molecule has 1 aliphatic heterocycles. The Balaban J connectivity index is 1.88. The summed E-state index contributed by atoms with van der Waals surface area (Å²) in [6.07, 6.45) is 5.45. The van der Waals surface area contributed by atoms with Gasteiger partial charge in [0.05, 0.1) is 11.4 Å². The molecule has 1 unspecified atom stereocenters. The van der Waals surface area contributed by atoms with Crippen molar-refractivity contribution in [2.24, 2.45) is 5.92 Å². The molecule has 2 heterocycles. The standard InChI is InChI=1S/C11H15NO2S2/c13-11(14)5-9-6-12-10(16-9)4-8-2-1-3-15-7-8/h6,8H,1-5,7H2,(H,13,14). The van der Waals surface area contributed by atoms with E-state index in [0.717, 1.165) is 22.2 Å². The smallest absolute Gasteiger partial charge is 0.308 e. The SMILES string of the molecule is O=C(O)Cc1cnc(CC2CCCSC2)s1. The molecule has 3 nitrogen and oxygen atoms in total. The average Bonchev–Trinajstić information content (AvgIpc) is 2.66. The minimum atomic E-state index is -0.775. The van der Waals surface area contributed by atoms with Crippen molar-refractivity contribution < 1.29 is 9.90 Å². The van der Waals surface area contributed by atoms with Crippen LogP contribution in [-0.4, -0.2) is 27.6 Å². The van der Waals surface area contributed by atoms with E-state index in [4.69, 9.17) is 5.11 Å². The number of hydrogen-bond donors (Lipinski definition) is 1. The summed E-state index contributed by atoms with van der Waals surface area (Å²) >= 11 is 3.58. The molecule has 1 N–H and O–H groups in total. The Labute approximate surface area is 103 Å². The second-order valence-electron chi connectivity index (χ2n) is 4.08. The highest BCUT2D eigenvalue weighted by Crippen LogP contribution is 2.27. The molecule has 1 fully saturated rings. The third-order valence-electron chi connectivity index (χ3n) is 2.64. The summed E-state index contributed by atoms with van der Waals surface area (Å²) in [4.78, 5) is 15.7. The number of thiazole rings is 1. The van der Waals surface area contributed by atoms with Gasteiger partial charge in [-0.2, -0.15) is 11.8 Å². The molecule has 16 heavy (non-hydrogen) atoms. The van der Waals surface area contributed by atoms with Gasteiger partial charge in [0.2, 0.25) is 0 Å². The van der Waals surface area contributed by atoms with Crippen LogP contribution in [0.25, 0.3) is 0 Å². The third-order valence-corrected chi connectivity index (χ3v) is 4.95. The van der Waals surface area contributed by atoms with Crippen LogP contribution in [0.1, 0.15) is 22.7 Å². The first-order chi connectivity index (χ1) is 7.74. The fourth-order valence-corrected chi connectivity index (χ4v) is 4.07. The lowest BCUT2D eigenvalue weighted by atomic mass is 10.0. The summed E-state index contributed by atoms with van der Waals surface area (Å²) < 4.78 is 0. The number of carboxylic acid groups (broad SMARTS) is 1. The molecule has 1 aromatic heterocycles. The van der Waals surface area contributed by atoms with Crippen LogP contribution < -0.4 is 0 Å². The highest BCUT2D eigenvalue weighted by molar-refractivity contribution is 7.99. The number of carbonyl (C=O) groups is 1. The number of aliphatic carboxylic acids is 1. The van der Waals surface area contributed by atoms with Crippen LogP contribution in [-0.2, 0) is 17.6 Å². The lowest BCUT2D eigenvalue weighted by molar-refractivity contribution is -0.136. The zero-order valence-electron chi connectivity index (χ0n) is 9.02. The minimum Gasteiger partial charge on any atom is -0.481 e. The maximum atomic E-state index is 10.5. The molecule has 5 heteroatoms. The molecule has 2 rings (SSSR count). The summed E-state index contributed by atoms with van der Waals surface area (Å²) in [6, 6.07) is 0. The Hall–Kier alpha value is -0.550. The van der Waals surface area contributed by atoms with Gasteiger partial charge >= 0.3 is 5.97 Å². The van der Waals surface area contributed by atoms with Gasteiger partial charge in [-0.25, -0.2) is 4.98 Å². The fraction of sp³-hybridized carbons (Fsp3) is 0.636. The van der Waals surface area contributed by atoms with Gasteiger partial charge < -0.3 is 5.11 Å². The van der Waals surface area contributed by atoms with E-state index in [-0.39, 0.29) is 6.42 Å². The quantitative estimate of drug-likeness (QED) is 0.900. The molecular weight excluding hydrogens is 242 g/mol. The molecule has 0 amide bonds. The van der Waals surface area contributed by atoms with Crippen LogP contribution in [0, 0.1) is 5.92 Å². The van der Waals surface area contributed by atoms with Crippen LogP contribution >= 0.6 is 23.1 Å². The maximum Gasteiger partial charge on any atom is 0.308 e. The van der Waals surface area contributed by atoms with E-state index in [1.165, 1.54) is 24.3 Å². The highest BCUT2D eigenvalue weighted by atomic mass is 32.2. The van der Waals surface area contributed by atoms with E-state index in [1.807, 2.05) is 11.8 Å². The van der Waals surface area contributed by atoms with Crippen LogP contribution in [0.2, 0.25) is 0 Å². The second kappa shape index (κ2) is 5.68. The summed E-state index contributed by atoms with van der Waals surface area (Å²) in [7, 11) is 0. The van der Waals surface area contributed by atoms with Gasteiger partial charge in [0.1, 0.15) is 0 Å². The van der Waals surface area contributed by atoms with Crippen molar-refractivity contribution in [2.75, 3.05) is 11.5 Å². The Morgan fingerprint density at radius 2 is 2.50 bits per heavy atom. The van der Waals surface area contributed by atoms with Crippen molar-refractivity contribution in [2.45, 2.75) is 25.7 Å². The predicted octanol–water partition coefficient (Wildman–Crippen LogP) is 2.46. The van der Waals surface area contributed by atoms with E-state index in [0.29, 0.717) is 0 Å². The number of thioether (sulfide) groups is 1. The van der Waals surface area contributed by atoms with Crippen LogP contribution in [0.15, 0.2) is 6.20 Å². The predicted molar refractivity (Wildman–Crippen MR) is 67.2 cm³/mol. The fourth-order valence-electron chi connectivity index (χ4n) is 1.89. The Morgan fingerprint density at radius 3 is 3.19 bits per heavy atom. The summed E-state index contributed by atoms with van der Waals surface area (Å²) in [5.41, 5.74) is 0. The van der Waals surface area contributed by atoms with Gasteiger partial charge in [-0.3, -0.25) is 4.79 Å². The normalized spacial score (nSPS) is 20.9.